The Labute approximate surface area is 333 Å². The molecule has 0 bridgehead atoms. The van der Waals surface area contributed by atoms with Gasteiger partial charge in [-0.05, 0) is 86.6 Å². The zero-order chi connectivity index (χ0) is 39.5. The minimum absolute atomic E-state index is 0.00703. The van der Waals surface area contributed by atoms with Crippen molar-refractivity contribution in [1.29, 1.82) is 0 Å². The average Bonchev–Trinajstić information content (AvgIpc) is 3.75. The maximum atomic E-state index is 15.7. The van der Waals surface area contributed by atoms with Crippen LogP contribution in [0.4, 0.5) is 15.8 Å². The maximum absolute atomic E-state index is 15.7. The van der Waals surface area contributed by atoms with Gasteiger partial charge in [-0.2, -0.15) is 0 Å². The molecule has 2 aliphatic carbocycles. The molecule has 1 unspecified atom stereocenters. The number of nitrogens with zero attached hydrogens (tertiary/aromatic N) is 7. The van der Waals surface area contributed by atoms with Crippen molar-refractivity contribution in [1.82, 2.24) is 39.6 Å². The van der Waals surface area contributed by atoms with Gasteiger partial charge in [-0.3, -0.25) is 33.7 Å². The molecular formula is C43H45FN10O4. The summed E-state index contributed by atoms with van der Waals surface area (Å²) < 4.78 is 18.8. The second-order valence-electron chi connectivity index (χ2n) is 17.6. The highest BCUT2D eigenvalue weighted by Gasteiger charge is 2.53. The van der Waals surface area contributed by atoms with Gasteiger partial charge in [0, 0.05) is 99.9 Å². The first-order chi connectivity index (χ1) is 28.1. The Morgan fingerprint density at radius 2 is 1.66 bits per heavy atom. The van der Waals surface area contributed by atoms with Crippen LogP contribution in [-0.4, -0.2) is 99.1 Å². The minimum atomic E-state index is -0.688. The SMILES string of the molecule is Cn1c(=O)n(C2CCC(=O)NC2=O)c2ccc(N3CC4(CC(CN5CCN(c6ccc(-c7nccc(-c8cc9c([nH]8)C8(CC8)CNC9=O)n7)c(F)c6)CC5)C4)C3)cc21. The van der Waals surface area contributed by atoms with E-state index in [-0.39, 0.29) is 35.2 Å². The summed E-state index contributed by atoms with van der Waals surface area (Å²) in [6.45, 7) is 7.25. The maximum Gasteiger partial charge on any atom is 0.329 e. The number of benzene rings is 2. The number of rotatable bonds is 7. The van der Waals surface area contributed by atoms with Gasteiger partial charge in [0.25, 0.3) is 5.91 Å². The summed E-state index contributed by atoms with van der Waals surface area (Å²) in [5.74, 6) is -0.178. The highest BCUT2D eigenvalue weighted by molar-refractivity contribution is 6.00. The van der Waals surface area contributed by atoms with E-state index in [9.17, 15) is 19.2 Å². The second-order valence-corrected chi connectivity index (χ2v) is 17.6. The molecule has 3 saturated heterocycles. The van der Waals surface area contributed by atoms with E-state index in [1.54, 1.807) is 36.0 Å². The lowest BCUT2D eigenvalue weighted by Gasteiger charge is -2.60. The van der Waals surface area contributed by atoms with E-state index in [1.165, 1.54) is 17.4 Å². The Morgan fingerprint density at radius 1 is 0.879 bits per heavy atom. The Bertz CT molecular complexity index is 2600. The molecule has 3 amide bonds. The molecule has 14 nitrogen and oxygen atoms in total. The molecular weight excluding hydrogens is 740 g/mol. The van der Waals surface area contributed by atoms with Crippen LogP contribution in [0.5, 0.6) is 0 Å². The number of aromatic nitrogens is 5. The number of carbonyl (C=O) groups is 3. The summed E-state index contributed by atoms with van der Waals surface area (Å²) in [5.41, 5.74) is 6.89. The van der Waals surface area contributed by atoms with E-state index in [0.29, 0.717) is 52.5 Å². The molecule has 6 aliphatic rings. The molecule has 2 spiro atoms. The number of imide groups is 1. The van der Waals surface area contributed by atoms with Crippen molar-refractivity contribution in [2.75, 3.05) is 62.2 Å². The molecule has 3 N–H and O–H groups in total. The molecule has 2 saturated carbocycles. The van der Waals surface area contributed by atoms with Crippen molar-refractivity contribution in [3.8, 4) is 22.8 Å². The molecule has 1 atom stereocenters. The first-order valence-corrected chi connectivity index (χ1v) is 20.5. The topological polar surface area (TPSA) is 153 Å². The van der Waals surface area contributed by atoms with Crippen molar-refractivity contribution < 1.29 is 18.8 Å². The molecule has 5 aromatic rings. The Hall–Kier alpha value is -5.83. The molecule has 0 radical (unpaired) electrons. The van der Waals surface area contributed by atoms with Crippen LogP contribution in [0.3, 0.4) is 0 Å². The lowest BCUT2D eigenvalue weighted by Crippen LogP contribution is -2.64. The van der Waals surface area contributed by atoms with Crippen LogP contribution in [0.2, 0.25) is 0 Å². The predicted octanol–water partition coefficient (Wildman–Crippen LogP) is 3.72. The number of fused-ring (bicyclic) bond motifs is 3. The summed E-state index contributed by atoms with van der Waals surface area (Å²) in [6.07, 6.45) is 6.68. The quantitative estimate of drug-likeness (QED) is 0.210. The number of aryl methyl sites for hydroxylation is 1. The third kappa shape index (κ3) is 5.68. The average molecular weight is 785 g/mol. The smallest absolute Gasteiger partial charge is 0.329 e. The number of aromatic amines is 1. The number of amides is 3. The predicted molar refractivity (Wildman–Crippen MR) is 215 cm³/mol. The number of hydrogen-bond donors (Lipinski definition) is 3. The second kappa shape index (κ2) is 12.8. The molecule has 4 aliphatic heterocycles. The largest absolute Gasteiger partial charge is 0.370 e. The number of halogens is 1. The van der Waals surface area contributed by atoms with E-state index in [2.05, 4.69) is 35.3 Å². The molecule has 15 heteroatoms. The number of hydrogen-bond acceptors (Lipinski definition) is 9. The number of piperazine rings is 1. The van der Waals surface area contributed by atoms with Crippen LogP contribution < -0.4 is 26.1 Å². The van der Waals surface area contributed by atoms with Crippen molar-refractivity contribution in [2.45, 2.75) is 50.0 Å². The van der Waals surface area contributed by atoms with E-state index >= 15 is 4.39 Å². The first kappa shape index (κ1) is 35.3. The molecule has 2 aromatic carbocycles. The summed E-state index contributed by atoms with van der Waals surface area (Å²) >= 11 is 0. The molecule has 11 rings (SSSR count). The molecule has 5 fully saturated rings. The molecule has 298 valence electrons. The van der Waals surface area contributed by atoms with Crippen molar-refractivity contribution in [3.05, 3.63) is 82.3 Å². The number of anilines is 2. The number of piperidine rings is 1. The highest BCUT2D eigenvalue weighted by atomic mass is 19.1. The van der Waals surface area contributed by atoms with E-state index < -0.39 is 11.9 Å². The first-order valence-electron chi connectivity index (χ1n) is 20.5. The van der Waals surface area contributed by atoms with Gasteiger partial charge in [-0.1, -0.05) is 0 Å². The normalized spacial score (nSPS) is 22.5. The summed E-state index contributed by atoms with van der Waals surface area (Å²) in [6, 6.07) is 14.3. The molecule has 3 aromatic heterocycles. The van der Waals surface area contributed by atoms with Gasteiger partial charge in [0.05, 0.1) is 33.5 Å². The zero-order valence-corrected chi connectivity index (χ0v) is 32.4. The van der Waals surface area contributed by atoms with Gasteiger partial charge in [-0.25, -0.2) is 19.2 Å². The van der Waals surface area contributed by atoms with Crippen LogP contribution >= 0.6 is 0 Å². The standard InChI is InChI=1S/C43H45FN10O4/c1-50-35-17-27(3-5-33(35)54(41(50)58)34-6-7-36(55)49-40(34)57)53-23-42(24-53)19-25(20-42)21-51-12-14-52(15-13-51)26-2-4-28(30(44)16-26)38-45-11-8-31(48-38)32-18-29-37(47-32)43(9-10-43)22-46-39(29)56/h2-5,8,11,16-18,25,34,47H,6-7,9-10,12-15,19-24H2,1H3,(H,46,56)(H,49,55,57). The van der Waals surface area contributed by atoms with Gasteiger partial charge in [0.15, 0.2) is 5.82 Å². The van der Waals surface area contributed by atoms with Gasteiger partial charge >= 0.3 is 5.69 Å². The van der Waals surface area contributed by atoms with Gasteiger partial charge in [-0.15, -0.1) is 0 Å². The van der Waals surface area contributed by atoms with E-state index in [4.69, 9.17) is 4.98 Å². The molecule has 7 heterocycles. The minimum Gasteiger partial charge on any atom is -0.370 e. The summed E-state index contributed by atoms with van der Waals surface area (Å²) in [4.78, 5) is 69.8. The number of nitrogens with one attached hydrogen (secondary N) is 3. The molecule has 58 heavy (non-hydrogen) atoms. The number of H-pyrrole nitrogens is 1. The fourth-order valence-electron chi connectivity index (χ4n) is 10.6. The third-order valence-corrected chi connectivity index (χ3v) is 13.9. The third-order valence-electron chi connectivity index (χ3n) is 13.9. The lowest BCUT2D eigenvalue weighted by molar-refractivity contribution is -0.135. The fraction of sp³-hybridized carbons (Fsp3) is 0.442. The Kier molecular flexibility index (Phi) is 7.82. The van der Waals surface area contributed by atoms with Crippen molar-refractivity contribution in [2.24, 2.45) is 18.4 Å². The number of carbonyl (C=O) groups excluding carboxylic acids is 3. The Morgan fingerprint density at radius 3 is 2.41 bits per heavy atom. The summed E-state index contributed by atoms with van der Waals surface area (Å²) in [7, 11) is 1.73. The van der Waals surface area contributed by atoms with Crippen LogP contribution in [0.15, 0.2) is 59.5 Å². The highest BCUT2D eigenvalue weighted by Crippen LogP contribution is 2.53. The number of imidazole rings is 1. The Balaban J connectivity index is 0.681. The van der Waals surface area contributed by atoms with Crippen LogP contribution in [0.1, 0.15) is 60.6 Å². The zero-order valence-electron chi connectivity index (χ0n) is 32.4. The van der Waals surface area contributed by atoms with Crippen LogP contribution in [-0.2, 0) is 22.1 Å². The monoisotopic (exact) mass is 784 g/mol. The lowest BCUT2D eigenvalue weighted by atomic mass is 9.57. The van der Waals surface area contributed by atoms with E-state index in [0.717, 1.165) is 86.9 Å². The van der Waals surface area contributed by atoms with Crippen LogP contribution in [0, 0.1) is 17.2 Å². The fourth-order valence-corrected chi connectivity index (χ4v) is 10.6. The summed E-state index contributed by atoms with van der Waals surface area (Å²) in [5, 5.41) is 5.38. The van der Waals surface area contributed by atoms with Crippen molar-refractivity contribution >= 4 is 40.1 Å². The van der Waals surface area contributed by atoms with Gasteiger partial charge < -0.3 is 20.1 Å². The van der Waals surface area contributed by atoms with Gasteiger partial charge in [0.2, 0.25) is 11.8 Å². The van der Waals surface area contributed by atoms with E-state index in [1.807, 2.05) is 30.3 Å². The van der Waals surface area contributed by atoms with Gasteiger partial charge in [0.1, 0.15) is 11.9 Å². The van der Waals surface area contributed by atoms with Crippen LogP contribution in [0.25, 0.3) is 33.8 Å². The van der Waals surface area contributed by atoms with Crippen molar-refractivity contribution in [3.63, 3.8) is 0 Å².